The monoisotopic (exact) mass is 537 g/mol. The van der Waals surface area contributed by atoms with Crippen molar-refractivity contribution in [1.82, 2.24) is 24.1 Å². The molecule has 2 heterocycles. The van der Waals surface area contributed by atoms with Gasteiger partial charge >= 0.3 is 11.8 Å². The normalized spacial score (nSPS) is 13.9. The van der Waals surface area contributed by atoms with E-state index in [1.54, 1.807) is 39.0 Å². The topological polar surface area (TPSA) is 107 Å². The highest BCUT2D eigenvalue weighted by Gasteiger charge is 2.32. The Morgan fingerprint density at radius 2 is 1.72 bits per heavy atom. The zero-order valence-electron chi connectivity index (χ0n) is 22.7. The lowest BCUT2D eigenvalue weighted by Gasteiger charge is -2.36. The van der Waals surface area contributed by atoms with Crippen LogP contribution in [0.25, 0.3) is 5.69 Å². The smallest absolute Gasteiger partial charge is 0.411 e. The molecule has 11 heteroatoms. The maximum atomic E-state index is 13.9. The Morgan fingerprint density at radius 1 is 1.00 bits per heavy atom. The first-order valence-electron chi connectivity index (χ1n) is 12.7. The van der Waals surface area contributed by atoms with Gasteiger partial charge in [0.15, 0.2) is 0 Å². The van der Waals surface area contributed by atoms with E-state index in [4.69, 9.17) is 4.74 Å². The van der Waals surface area contributed by atoms with E-state index >= 15 is 0 Å². The molecule has 0 atom stereocenters. The molecular formula is C28H32FN5O5. The molecule has 4 rings (SSSR count). The van der Waals surface area contributed by atoms with Gasteiger partial charge in [-0.15, -0.1) is 0 Å². The third-order valence-corrected chi connectivity index (χ3v) is 6.36. The third-order valence-electron chi connectivity index (χ3n) is 6.36. The van der Waals surface area contributed by atoms with Crippen molar-refractivity contribution in [3.8, 4) is 5.69 Å². The summed E-state index contributed by atoms with van der Waals surface area (Å²) in [5, 5.41) is 4.21. The van der Waals surface area contributed by atoms with E-state index in [0.717, 1.165) is 20.4 Å². The molecule has 10 nitrogen and oxygen atoms in total. The first-order valence-corrected chi connectivity index (χ1v) is 12.7. The summed E-state index contributed by atoms with van der Waals surface area (Å²) in [6.07, 6.45) is -0.101. The number of hydrogen-bond acceptors (Lipinski definition) is 6. The van der Waals surface area contributed by atoms with Gasteiger partial charge in [-0.05, 0) is 82.0 Å². The lowest BCUT2D eigenvalue weighted by molar-refractivity contribution is 0.00413. The average Bonchev–Trinajstić information content (AvgIpc) is 2.87. The molecule has 1 aliphatic rings. The maximum absolute atomic E-state index is 13.9. The van der Waals surface area contributed by atoms with Crippen molar-refractivity contribution in [3.05, 3.63) is 91.5 Å². The van der Waals surface area contributed by atoms with Crippen LogP contribution in [0.2, 0.25) is 0 Å². The quantitative estimate of drug-likeness (QED) is 0.506. The molecular weight excluding hydrogens is 505 g/mol. The van der Waals surface area contributed by atoms with Crippen LogP contribution in [0.5, 0.6) is 0 Å². The van der Waals surface area contributed by atoms with Crippen LogP contribution in [0.3, 0.4) is 0 Å². The van der Waals surface area contributed by atoms with Gasteiger partial charge in [0.25, 0.3) is 11.5 Å². The number of hydrogen-bond donors (Lipinski definition) is 0. The zero-order chi connectivity index (χ0) is 28.5. The fraction of sp³-hybridized carbons (Fsp3) is 0.393. The number of rotatable bonds is 4. The molecule has 1 aromatic heterocycles. The van der Waals surface area contributed by atoms with Gasteiger partial charge in [-0.2, -0.15) is 9.78 Å². The molecule has 0 spiro atoms. The molecule has 2 amide bonds. The van der Waals surface area contributed by atoms with Crippen LogP contribution in [-0.2, 0) is 11.3 Å². The van der Waals surface area contributed by atoms with E-state index in [1.807, 2.05) is 19.9 Å². The second kappa shape index (κ2) is 10.8. The summed E-state index contributed by atoms with van der Waals surface area (Å²) >= 11 is 0. The van der Waals surface area contributed by atoms with Gasteiger partial charge < -0.3 is 9.64 Å². The Labute approximate surface area is 225 Å². The molecule has 0 unspecified atom stereocenters. The van der Waals surface area contributed by atoms with Crippen LogP contribution < -0.4 is 11.2 Å². The number of halogens is 1. The van der Waals surface area contributed by atoms with Crippen LogP contribution in [0.1, 0.15) is 54.4 Å². The van der Waals surface area contributed by atoms with Crippen LogP contribution in [-0.4, -0.2) is 61.5 Å². The van der Waals surface area contributed by atoms with Crippen molar-refractivity contribution >= 4 is 12.0 Å². The second-order valence-corrected chi connectivity index (χ2v) is 10.6. The summed E-state index contributed by atoms with van der Waals surface area (Å²) in [4.78, 5) is 56.0. The fourth-order valence-corrected chi connectivity index (χ4v) is 4.22. The summed E-state index contributed by atoms with van der Waals surface area (Å²) < 4.78 is 21.2. The molecule has 206 valence electrons. The number of carbonyl (C=O) groups excluding carboxylic acids is 2. The number of aryl methyl sites for hydroxylation is 2. The summed E-state index contributed by atoms with van der Waals surface area (Å²) in [7, 11) is 0. The Bertz CT molecular complexity index is 1540. The van der Waals surface area contributed by atoms with Crippen molar-refractivity contribution in [1.29, 1.82) is 0 Å². The Hall–Kier alpha value is -4.28. The maximum Gasteiger partial charge on any atom is 0.411 e. The van der Waals surface area contributed by atoms with Gasteiger partial charge in [0.2, 0.25) is 5.69 Å². The molecule has 0 saturated carbocycles. The van der Waals surface area contributed by atoms with E-state index in [1.165, 1.54) is 28.0 Å². The molecule has 0 radical (unpaired) electrons. The molecule has 39 heavy (non-hydrogen) atoms. The van der Waals surface area contributed by atoms with Crippen LogP contribution in [0.4, 0.5) is 9.18 Å². The van der Waals surface area contributed by atoms with Gasteiger partial charge in [-0.1, -0.05) is 18.2 Å². The van der Waals surface area contributed by atoms with Crippen molar-refractivity contribution in [2.45, 2.75) is 53.2 Å². The molecule has 0 bridgehead atoms. The highest BCUT2D eigenvalue weighted by Crippen LogP contribution is 2.16. The molecule has 2 aromatic carbocycles. The number of amides is 2. The highest BCUT2D eigenvalue weighted by molar-refractivity contribution is 5.92. The molecule has 3 aromatic rings. The molecule has 0 aliphatic carbocycles. The lowest BCUT2D eigenvalue weighted by atomic mass is 10.1. The number of ether oxygens (including phenoxy) is 1. The van der Waals surface area contributed by atoms with Gasteiger partial charge in [0.05, 0.1) is 18.9 Å². The van der Waals surface area contributed by atoms with E-state index in [9.17, 15) is 23.6 Å². The van der Waals surface area contributed by atoms with Crippen LogP contribution in [0.15, 0.2) is 52.1 Å². The largest absolute Gasteiger partial charge is 0.444 e. The first kappa shape index (κ1) is 27.7. The van der Waals surface area contributed by atoms with Crippen LogP contribution >= 0.6 is 0 Å². The van der Waals surface area contributed by atoms with Crippen LogP contribution in [0, 0.1) is 19.7 Å². The predicted molar refractivity (Wildman–Crippen MR) is 143 cm³/mol. The number of benzene rings is 2. The van der Waals surface area contributed by atoms with Crippen molar-refractivity contribution in [2.75, 3.05) is 19.8 Å². The number of carbonyl (C=O) groups is 2. The zero-order valence-corrected chi connectivity index (χ0v) is 22.7. The summed E-state index contributed by atoms with van der Waals surface area (Å²) in [5.41, 5.74) is -0.222. The summed E-state index contributed by atoms with van der Waals surface area (Å²) in [5.74, 6) is -1.24. The van der Waals surface area contributed by atoms with E-state index in [0.29, 0.717) is 24.2 Å². The standard InChI is InChI=1S/C28H32FN5O5/c1-18-10-11-22(14-19(18)2)34-26(37)33(16-20-8-6-9-21(29)15-20)25(36)23(30-34)24(35)31-12-7-13-32(17-31)27(38)39-28(3,4)5/h6,8-11,14-15H,7,12-13,16-17H2,1-5H3. The van der Waals surface area contributed by atoms with Gasteiger partial charge in [0.1, 0.15) is 11.4 Å². The number of nitrogens with zero attached hydrogens (tertiary/aromatic N) is 5. The minimum Gasteiger partial charge on any atom is -0.444 e. The van der Waals surface area contributed by atoms with E-state index < -0.39 is 40.4 Å². The third kappa shape index (κ3) is 6.24. The highest BCUT2D eigenvalue weighted by atomic mass is 19.1. The Balaban J connectivity index is 1.77. The SMILES string of the molecule is Cc1ccc(-n2nc(C(=O)N3CCCN(C(=O)OC(C)(C)C)C3)c(=O)n(Cc3cccc(F)c3)c2=O)cc1C. The minimum atomic E-state index is -0.899. The molecule has 1 saturated heterocycles. The van der Waals surface area contributed by atoms with Crippen molar-refractivity contribution in [3.63, 3.8) is 0 Å². The molecule has 1 fully saturated rings. The first-order chi connectivity index (χ1) is 18.3. The number of aromatic nitrogens is 3. The second-order valence-electron chi connectivity index (χ2n) is 10.6. The van der Waals surface area contributed by atoms with Gasteiger partial charge in [-0.25, -0.2) is 14.0 Å². The summed E-state index contributed by atoms with van der Waals surface area (Å²) in [6.45, 7) is 9.36. The molecule has 0 N–H and O–H groups in total. The van der Waals surface area contributed by atoms with Crippen molar-refractivity contribution in [2.24, 2.45) is 0 Å². The van der Waals surface area contributed by atoms with E-state index in [2.05, 4.69) is 5.10 Å². The van der Waals surface area contributed by atoms with Gasteiger partial charge in [0, 0.05) is 13.1 Å². The lowest BCUT2D eigenvalue weighted by Crippen LogP contribution is -2.53. The predicted octanol–water partition coefficient (Wildman–Crippen LogP) is 3.24. The van der Waals surface area contributed by atoms with E-state index in [-0.39, 0.29) is 19.8 Å². The van der Waals surface area contributed by atoms with Gasteiger partial charge in [-0.3, -0.25) is 19.1 Å². The van der Waals surface area contributed by atoms with Crippen molar-refractivity contribution < 1.29 is 18.7 Å². The minimum absolute atomic E-state index is 0.0957. The molecule has 1 aliphatic heterocycles. The Morgan fingerprint density at radius 3 is 2.38 bits per heavy atom. The Kier molecular flexibility index (Phi) is 7.71. The fourth-order valence-electron chi connectivity index (χ4n) is 4.22. The average molecular weight is 538 g/mol. The summed E-state index contributed by atoms with van der Waals surface area (Å²) in [6, 6.07) is 10.8.